The van der Waals surface area contributed by atoms with Crippen molar-refractivity contribution in [2.45, 2.75) is 26.2 Å². The van der Waals surface area contributed by atoms with Crippen LogP contribution in [-0.2, 0) is 16.0 Å². The molecule has 0 bridgehead atoms. The minimum atomic E-state index is -0.384. The molecule has 2 N–H and O–H groups in total. The summed E-state index contributed by atoms with van der Waals surface area (Å²) < 4.78 is 5.29. The Hall–Kier alpha value is -3.88. The third-order valence-corrected chi connectivity index (χ3v) is 5.13. The molecule has 1 unspecified atom stereocenters. The van der Waals surface area contributed by atoms with Gasteiger partial charge in [-0.3, -0.25) is 9.59 Å². The van der Waals surface area contributed by atoms with E-state index in [1.807, 2.05) is 49.4 Å². The van der Waals surface area contributed by atoms with Crippen LogP contribution in [0.1, 0.15) is 24.3 Å². The van der Waals surface area contributed by atoms with E-state index in [9.17, 15) is 9.59 Å². The van der Waals surface area contributed by atoms with Gasteiger partial charge in [-0.05, 0) is 13.3 Å². The quantitative estimate of drug-likeness (QED) is 0.588. The van der Waals surface area contributed by atoms with Gasteiger partial charge in [0.05, 0.1) is 5.92 Å². The van der Waals surface area contributed by atoms with Crippen molar-refractivity contribution in [3.05, 3.63) is 71.4 Å². The Morgan fingerprint density at radius 1 is 1.12 bits per heavy atom. The van der Waals surface area contributed by atoms with Crippen LogP contribution in [0.15, 0.2) is 74.7 Å². The summed E-state index contributed by atoms with van der Waals surface area (Å²) in [6.07, 6.45) is 8.84. The molecular formula is C23H24N6O3. The third kappa shape index (κ3) is 5.23. The second-order valence-electron chi connectivity index (χ2n) is 7.57. The van der Waals surface area contributed by atoms with E-state index in [1.165, 1.54) is 5.56 Å². The van der Waals surface area contributed by atoms with Crippen molar-refractivity contribution >= 4 is 11.8 Å². The van der Waals surface area contributed by atoms with Gasteiger partial charge in [0.1, 0.15) is 0 Å². The smallest absolute Gasteiger partial charge is 0.276 e. The molecular weight excluding hydrogens is 408 g/mol. The van der Waals surface area contributed by atoms with Crippen LogP contribution in [0.5, 0.6) is 0 Å². The van der Waals surface area contributed by atoms with Crippen molar-refractivity contribution in [2.24, 2.45) is 16.1 Å². The van der Waals surface area contributed by atoms with Gasteiger partial charge in [-0.1, -0.05) is 59.3 Å². The minimum Gasteiger partial charge on any atom is -0.367 e. The molecule has 2 aliphatic rings. The summed E-state index contributed by atoms with van der Waals surface area (Å²) in [7, 11) is 0. The molecule has 1 aromatic heterocycles. The van der Waals surface area contributed by atoms with Gasteiger partial charge in [0, 0.05) is 37.1 Å². The van der Waals surface area contributed by atoms with Crippen LogP contribution in [0.25, 0.3) is 11.4 Å². The van der Waals surface area contributed by atoms with Crippen LogP contribution in [0.4, 0.5) is 0 Å². The number of fused-ring (bicyclic) bond motifs is 1. The fourth-order valence-electron chi connectivity index (χ4n) is 3.39. The van der Waals surface area contributed by atoms with Crippen LogP contribution in [-0.4, -0.2) is 35.0 Å². The lowest BCUT2D eigenvalue weighted by molar-refractivity contribution is -0.121. The first-order chi connectivity index (χ1) is 15.6. The summed E-state index contributed by atoms with van der Waals surface area (Å²) in [5.74, 6) is 0.923. The number of carbonyl (C=O) groups is 2. The summed E-state index contributed by atoms with van der Waals surface area (Å²) in [6.45, 7) is 2.93. The Kier molecular flexibility index (Phi) is 6.64. The number of nitrogens with one attached hydrogen (secondary N) is 2. The number of benzene rings is 1. The highest BCUT2D eigenvalue weighted by atomic mass is 16.5. The number of allylic oxidation sites excluding steroid dienone is 3. The second-order valence-corrected chi connectivity index (χ2v) is 7.57. The lowest BCUT2D eigenvalue weighted by Gasteiger charge is -2.20. The molecule has 1 aliphatic carbocycles. The lowest BCUT2D eigenvalue weighted by Crippen LogP contribution is -2.32. The summed E-state index contributed by atoms with van der Waals surface area (Å²) in [6, 6.07) is 7.91. The molecule has 1 atom stereocenters. The summed E-state index contributed by atoms with van der Waals surface area (Å²) in [5.41, 5.74) is 2.87. The highest BCUT2D eigenvalue weighted by Crippen LogP contribution is 2.27. The van der Waals surface area contributed by atoms with E-state index < -0.39 is 0 Å². The number of aromatic nitrogens is 2. The molecule has 4 rings (SSSR count). The maximum absolute atomic E-state index is 12.1. The summed E-state index contributed by atoms with van der Waals surface area (Å²) in [4.78, 5) is 28.3. The first-order valence-electron chi connectivity index (χ1n) is 10.5. The fourth-order valence-corrected chi connectivity index (χ4v) is 3.39. The van der Waals surface area contributed by atoms with Crippen molar-refractivity contribution in [3.8, 4) is 11.4 Å². The molecule has 32 heavy (non-hydrogen) atoms. The first kappa shape index (κ1) is 21.4. The largest absolute Gasteiger partial charge is 0.367 e. The molecule has 9 nitrogen and oxygen atoms in total. The maximum atomic E-state index is 12.1. The topological polar surface area (TPSA) is 122 Å². The van der Waals surface area contributed by atoms with Crippen LogP contribution in [0, 0.1) is 12.8 Å². The molecule has 9 heteroatoms. The highest BCUT2D eigenvalue weighted by molar-refractivity contribution is 5.86. The summed E-state index contributed by atoms with van der Waals surface area (Å²) in [5, 5.41) is 17.6. The van der Waals surface area contributed by atoms with Gasteiger partial charge in [0.2, 0.25) is 17.6 Å². The average molecular weight is 432 g/mol. The molecule has 0 saturated heterocycles. The zero-order valence-electron chi connectivity index (χ0n) is 17.7. The van der Waals surface area contributed by atoms with Gasteiger partial charge in [-0.2, -0.15) is 4.98 Å². The number of nitrogens with zero attached hydrogens (tertiary/aromatic N) is 4. The van der Waals surface area contributed by atoms with E-state index in [0.29, 0.717) is 49.9 Å². The van der Waals surface area contributed by atoms with E-state index in [-0.39, 0.29) is 17.7 Å². The van der Waals surface area contributed by atoms with Gasteiger partial charge >= 0.3 is 0 Å². The monoisotopic (exact) mass is 432 g/mol. The van der Waals surface area contributed by atoms with E-state index in [2.05, 4.69) is 31.0 Å². The van der Waals surface area contributed by atoms with Gasteiger partial charge < -0.3 is 15.2 Å². The van der Waals surface area contributed by atoms with E-state index in [4.69, 9.17) is 4.52 Å². The van der Waals surface area contributed by atoms with Crippen molar-refractivity contribution in [2.75, 3.05) is 13.1 Å². The Balaban J connectivity index is 1.16. The molecule has 2 amide bonds. The normalized spacial score (nSPS) is 16.9. The van der Waals surface area contributed by atoms with Crippen LogP contribution in [0.3, 0.4) is 0 Å². The van der Waals surface area contributed by atoms with Gasteiger partial charge in [0.15, 0.2) is 5.82 Å². The summed E-state index contributed by atoms with van der Waals surface area (Å²) >= 11 is 0. The number of hydrogen-bond donors (Lipinski definition) is 2. The Bertz CT molecular complexity index is 1110. The Morgan fingerprint density at radius 2 is 1.97 bits per heavy atom. The molecule has 2 aromatic rings. The molecule has 0 spiro atoms. The minimum absolute atomic E-state index is 0.0541. The second kappa shape index (κ2) is 9.95. The number of carbonyl (C=O) groups excluding carboxylic acids is 2. The zero-order chi connectivity index (χ0) is 22.3. The van der Waals surface area contributed by atoms with Gasteiger partial charge in [-0.25, -0.2) is 0 Å². The maximum Gasteiger partial charge on any atom is 0.276 e. The van der Waals surface area contributed by atoms with E-state index in [1.54, 1.807) is 6.08 Å². The number of aryl methyl sites for hydroxylation is 2. The molecule has 0 saturated carbocycles. The Morgan fingerprint density at radius 3 is 2.81 bits per heavy atom. The zero-order valence-corrected chi connectivity index (χ0v) is 17.7. The van der Waals surface area contributed by atoms with Crippen molar-refractivity contribution in [3.63, 3.8) is 0 Å². The van der Waals surface area contributed by atoms with Crippen molar-refractivity contribution in [1.29, 1.82) is 0 Å². The predicted octanol–water partition coefficient (Wildman–Crippen LogP) is 3.02. The third-order valence-electron chi connectivity index (χ3n) is 5.13. The molecule has 164 valence electrons. The molecule has 1 aromatic carbocycles. The fraction of sp³-hybridized carbons (Fsp3) is 0.304. The number of azo groups is 1. The highest BCUT2D eigenvalue weighted by Gasteiger charge is 2.26. The predicted molar refractivity (Wildman–Crippen MR) is 117 cm³/mol. The number of hydrogen-bond acceptors (Lipinski definition) is 7. The van der Waals surface area contributed by atoms with Crippen LogP contribution < -0.4 is 10.6 Å². The average Bonchev–Trinajstić information content (AvgIpc) is 3.27. The van der Waals surface area contributed by atoms with Gasteiger partial charge in [-0.15, -0.1) is 10.2 Å². The molecule has 0 fully saturated rings. The lowest BCUT2D eigenvalue weighted by atomic mass is 9.93. The van der Waals surface area contributed by atoms with Crippen LogP contribution >= 0.6 is 0 Å². The van der Waals surface area contributed by atoms with E-state index >= 15 is 0 Å². The Labute approximate surface area is 185 Å². The van der Waals surface area contributed by atoms with Crippen molar-refractivity contribution < 1.29 is 14.1 Å². The molecule has 0 radical (unpaired) electrons. The standard InChI is InChI=1S/C23H24N6O3/c1-15-9-11-16(12-10-15)21-26-20(32-29-21)8-4-7-19(30)24-13-14-25-22-17-5-2-3-6-18(17)23(31)28-27-22/h2-3,5-6,9-12,18,25H,4,7-8,13-14H2,1H3,(H,24,30). The van der Waals surface area contributed by atoms with E-state index in [0.717, 1.165) is 11.1 Å². The van der Waals surface area contributed by atoms with Crippen LogP contribution in [0.2, 0.25) is 0 Å². The number of rotatable bonds is 9. The molecule has 2 heterocycles. The molecule has 1 aliphatic heterocycles. The van der Waals surface area contributed by atoms with Crippen molar-refractivity contribution in [1.82, 2.24) is 20.8 Å². The first-order valence-corrected chi connectivity index (χ1v) is 10.5. The number of amides is 2. The SMILES string of the molecule is Cc1ccc(-c2noc(CCCC(=O)NCCNC3=C4C=CC=CC4C(=O)N=N3)n2)cc1. The van der Waals surface area contributed by atoms with Gasteiger partial charge in [0.25, 0.3) is 5.91 Å².